The number of methoxy groups -OCH3 is 1. The molecule has 0 aromatic carbocycles. The molecule has 11 atom stereocenters. The minimum Gasteiger partial charge on any atom is -0.461 e. The van der Waals surface area contributed by atoms with Crippen LogP contribution in [0.3, 0.4) is 0 Å². The van der Waals surface area contributed by atoms with Gasteiger partial charge >= 0.3 is 11.9 Å². The molecule has 44 heavy (non-hydrogen) atoms. The molecule has 12 nitrogen and oxygen atoms in total. The van der Waals surface area contributed by atoms with Gasteiger partial charge in [0.2, 0.25) is 0 Å². The number of Topliss-reactive ketones (excluding diaryl/α,β-unsaturated/α-hetero) is 2. The summed E-state index contributed by atoms with van der Waals surface area (Å²) in [6.45, 7) is 12.2. The highest BCUT2D eigenvalue weighted by Crippen LogP contribution is 2.37. The molecule has 1 unspecified atom stereocenters. The van der Waals surface area contributed by atoms with Gasteiger partial charge in [0.25, 0.3) is 0 Å². The van der Waals surface area contributed by atoms with Crippen molar-refractivity contribution in [3.63, 3.8) is 0 Å². The monoisotopic (exact) mass is 627 g/mol. The van der Waals surface area contributed by atoms with Crippen LogP contribution in [-0.4, -0.2) is 114 Å². The number of cyclic esters (lactones) is 1. The van der Waals surface area contributed by atoms with Crippen molar-refractivity contribution in [1.29, 1.82) is 0 Å². The van der Waals surface area contributed by atoms with E-state index in [9.17, 15) is 29.4 Å². The van der Waals surface area contributed by atoms with E-state index in [0.29, 0.717) is 6.42 Å². The second kappa shape index (κ2) is 15.4. The minimum absolute atomic E-state index is 0.0195. The first kappa shape index (κ1) is 38.0. The Morgan fingerprint density at radius 2 is 1.75 bits per heavy atom. The largest absolute Gasteiger partial charge is 0.461 e. The lowest BCUT2D eigenvalue weighted by Crippen LogP contribution is -2.59. The van der Waals surface area contributed by atoms with E-state index in [0.717, 1.165) is 0 Å². The van der Waals surface area contributed by atoms with Gasteiger partial charge in [-0.15, -0.1) is 0 Å². The fourth-order valence-corrected chi connectivity index (χ4v) is 6.25. The number of ketones is 2. The Bertz CT molecular complexity index is 1070. The van der Waals surface area contributed by atoms with E-state index in [1.165, 1.54) is 34.0 Å². The topological polar surface area (TPSA) is 158 Å². The zero-order valence-corrected chi connectivity index (χ0v) is 28.1. The van der Waals surface area contributed by atoms with Crippen LogP contribution in [0.25, 0.3) is 0 Å². The van der Waals surface area contributed by atoms with Crippen LogP contribution in [0.1, 0.15) is 74.7 Å². The Morgan fingerprint density at radius 3 is 2.27 bits per heavy atom. The van der Waals surface area contributed by atoms with Crippen molar-refractivity contribution in [3.05, 3.63) is 11.6 Å². The van der Waals surface area contributed by atoms with Crippen LogP contribution in [0.15, 0.2) is 11.6 Å². The van der Waals surface area contributed by atoms with E-state index >= 15 is 0 Å². The molecular formula is C32H53NO11. The number of carbonyl (C=O) groups is 4. The maximum atomic E-state index is 13.9. The van der Waals surface area contributed by atoms with Crippen LogP contribution < -0.4 is 0 Å². The maximum Gasteiger partial charge on any atom is 0.316 e. The van der Waals surface area contributed by atoms with Crippen LogP contribution in [-0.2, 0) is 42.9 Å². The highest BCUT2D eigenvalue weighted by Gasteiger charge is 2.50. The molecule has 0 radical (unpaired) electrons. The lowest BCUT2D eigenvalue weighted by molar-refractivity contribution is -0.295. The summed E-state index contributed by atoms with van der Waals surface area (Å²) in [7, 11) is 5.12. The van der Waals surface area contributed by atoms with Gasteiger partial charge in [0.15, 0.2) is 17.9 Å². The highest BCUT2D eigenvalue weighted by atomic mass is 16.7. The van der Waals surface area contributed by atoms with E-state index in [-0.39, 0.29) is 30.6 Å². The molecule has 0 spiro atoms. The molecule has 12 heteroatoms. The Morgan fingerprint density at radius 1 is 1.14 bits per heavy atom. The minimum atomic E-state index is -1.82. The fraction of sp³-hybridized carbons (Fsp3) is 0.812. The molecule has 2 rings (SSSR count). The van der Waals surface area contributed by atoms with Crippen molar-refractivity contribution < 1.29 is 53.1 Å². The van der Waals surface area contributed by atoms with Crippen LogP contribution in [0, 0.1) is 17.8 Å². The number of hydrogen-bond acceptors (Lipinski definition) is 12. The van der Waals surface area contributed by atoms with Crippen molar-refractivity contribution in [2.45, 2.75) is 123 Å². The summed E-state index contributed by atoms with van der Waals surface area (Å²) in [5, 5.41) is 22.6. The van der Waals surface area contributed by atoms with Crippen LogP contribution in [0.5, 0.6) is 0 Å². The molecule has 0 aliphatic carbocycles. The molecule has 0 amide bonds. The molecule has 0 aromatic heterocycles. The molecule has 1 saturated heterocycles. The van der Waals surface area contributed by atoms with E-state index < -0.39 is 83.7 Å². The summed E-state index contributed by atoms with van der Waals surface area (Å²) in [5.41, 5.74) is -3.11. The number of likely N-dealkylation sites (N-methyl/N-ethyl adjacent to an activating group) is 1. The molecule has 2 N–H and O–H groups in total. The van der Waals surface area contributed by atoms with Gasteiger partial charge in [0.05, 0.1) is 17.8 Å². The summed E-state index contributed by atoms with van der Waals surface area (Å²) in [4.78, 5) is 54.6. The average molecular weight is 628 g/mol. The Balaban J connectivity index is 2.68. The summed E-state index contributed by atoms with van der Waals surface area (Å²) >= 11 is 0. The predicted octanol–water partition coefficient (Wildman–Crippen LogP) is 2.22. The quantitative estimate of drug-likeness (QED) is 0.314. The van der Waals surface area contributed by atoms with Crippen molar-refractivity contribution in [2.75, 3.05) is 27.8 Å². The van der Waals surface area contributed by atoms with E-state index in [1.54, 1.807) is 27.7 Å². The Kier molecular flexibility index (Phi) is 13.3. The number of nitrogens with zero attached hydrogens (tertiary/aromatic N) is 1. The van der Waals surface area contributed by atoms with Gasteiger partial charge in [0, 0.05) is 37.5 Å². The van der Waals surface area contributed by atoms with Gasteiger partial charge in [-0.2, -0.15) is 0 Å². The van der Waals surface area contributed by atoms with Gasteiger partial charge in [0.1, 0.15) is 30.3 Å². The summed E-state index contributed by atoms with van der Waals surface area (Å²) in [5.74, 6) is -5.38. The summed E-state index contributed by atoms with van der Waals surface area (Å²) in [6.07, 6.45) is -2.62. The van der Waals surface area contributed by atoms with Crippen molar-refractivity contribution in [2.24, 2.45) is 17.8 Å². The Hall–Kier alpha value is -2.22. The van der Waals surface area contributed by atoms with Gasteiger partial charge in [-0.25, -0.2) is 0 Å². The number of aliphatic hydroxyl groups is 2. The third-order valence-corrected chi connectivity index (χ3v) is 8.96. The summed E-state index contributed by atoms with van der Waals surface area (Å²) in [6, 6.07) is -0.288. The molecule has 2 aliphatic rings. The average Bonchev–Trinajstić information content (AvgIpc) is 2.95. The number of aliphatic hydroxyl groups excluding tert-OH is 1. The third kappa shape index (κ3) is 8.95. The smallest absolute Gasteiger partial charge is 0.316 e. The zero-order chi connectivity index (χ0) is 33.7. The van der Waals surface area contributed by atoms with Crippen LogP contribution >= 0.6 is 0 Å². The molecule has 0 saturated carbocycles. The van der Waals surface area contributed by atoms with E-state index in [1.807, 2.05) is 25.9 Å². The number of esters is 2. The van der Waals surface area contributed by atoms with Crippen LogP contribution in [0.2, 0.25) is 0 Å². The molecule has 0 bridgehead atoms. The van der Waals surface area contributed by atoms with Gasteiger partial charge < -0.3 is 38.8 Å². The van der Waals surface area contributed by atoms with Gasteiger partial charge in [-0.05, 0) is 67.1 Å². The molecule has 252 valence electrons. The number of rotatable bonds is 7. The molecule has 2 heterocycles. The summed E-state index contributed by atoms with van der Waals surface area (Å²) < 4.78 is 29.3. The SMILES string of the molecule is CC[C@H]1OC(=O)[C@H](C)C(=O)[C@H](C)[C@@H](OC2O[C@H](C)C[C@H](N(C)C)[C@H]2O)[C@@](C)(OC)C[C@@H](C)C(=O)C(COC(C)=O)=C[C@]1(C)O. The Labute approximate surface area is 261 Å². The molecule has 2 aliphatic heterocycles. The lowest BCUT2D eigenvalue weighted by Gasteiger charge is -2.46. The predicted molar refractivity (Wildman–Crippen MR) is 160 cm³/mol. The fourth-order valence-electron chi connectivity index (χ4n) is 6.25. The lowest BCUT2D eigenvalue weighted by atomic mass is 9.76. The third-order valence-electron chi connectivity index (χ3n) is 8.96. The highest BCUT2D eigenvalue weighted by molar-refractivity contribution is 6.00. The van der Waals surface area contributed by atoms with Crippen molar-refractivity contribution in [1.82, 2.24) is 4.90 Å². The van der Waals surface area contributed by atoms with Gasteiger partial charge in [-0.3, -0.25) is 19.2 Å². The molecule has 1 fully saturated rings. The number of carbonyl (C=O) groups excluding carboxylic acids is 4. The first-order chi connectivity index (χ1) is 20.3. The number of hydrogen-bond donors (Lipinski definition) is 2. The van der Waals surface area contributed by atoms with E-state index in [4.69, 9.17) is 23.7 Å². The second-order valence-electron chi connectivity index (χ2n) is 13.0. The van der Waals surface area contributed by atoms with Crippen LogP contribution in [0.4, 0.5) is 0 Å². The molecule has 0 aromatic rings. The maximum absolute atomic E-state index is 13.9. The molecular weight excluding hydrogens is 574 g/mol. The van der Waals surface area contributed by atoms with E-state index in [2.05, 4.69) is 0 Å². The first-order valence-electron chi connectivity index (χ1n) is 15.4. The zero-order valence-electron chi connectivity index (χ0n) is 28.1. The second-order valence-corrected chi connectivity index (χ2v) is 13.0. The normalized spacial score (nSPS) is 39.8. The van der Waals surface area contributed by atoms with Gasteiger partial charge in [-0.1, -0.05) is 20.8 Å². The standard InChI is InChI=1S/C32H53NO11/c1-12-24-31(7,39)15-22(16-41-21(6)34)25(35)17(2)14-32(8,40-11)28(19(4)26(36)20(5)29(38)43-24)44-30-27(37)23(33(9)10)13-18(3)42-30/h15,17-20,23-24,27-28,30,37,39H,12-14,16H2,1-11H3/t17-,18-,19+,20-,23+,24-,27-,28-,30?,31+,32+/m1/s1. The first-order valence-corrected chi connectivity index (χ1v) is 15.4. The van der Waals surface area contributed by atoms with Crippen molar-refractivity contribution >= 4 is 23.5 Å². The number of ether oxygens (including phenoxy) is 5. The van der Waals surface area contributed by atoms with Crippen molar-refractivity contribution in [3.8, 4) is 0 Å².